The van der Waals surface area contributed by atoms with Crippen LogP contribution >= 0.6 is 11.8 Å². The van der Waals surface area contributed by atoms with E-state index in [1.807, 2.05) is 0 Å². The summed E-state index contributed by atoms with van der Waals surface area (Å²) in [4.78, 5) is 23.2. The van der Waals surface area contributed by atoms with Crippen molar-refractivity contribution in [1.29, 1.82) is 0 Å². The molecule has 0 amide bonds. The molecule has 0 fully saturated rings. The van der Waals surface area contributed by atoms with E-state index in [-0.39, 0.29) is 46.2 Å². The second-order valence-electron chi connectivity index (χ2n) is 3.70. The van der Waals surface area contributed by atoms with E-state index in [9.17, 15) is 9.59 Å². The third kappa shape index (κ3) is 4.87. The van der Waals surface area contributed by atoms with Gasteiger partial charge >= 0.3 is 41.5 Å². The van der Waals surface area contributed by atoms with E-state index < -0.39 is 11.9 Å². The van der Waals surface area contributed by atoms with Gasteiger partial charge in [0.25, 0.3) is 0 Å². The number of aromatic carboxylic acids is 2. The van der Waals surface area contributed by atoms with Crippen molar-refractivity contribution in [3.05, 3.63) is 59.7 Å². The molecule has 2 aromatic carbocycles. The number of rotatable bonds is 4. The van der Waals surface area contributed by atoms with Crippen LogP contribution in [0.15, 0.2) is 58.3 Å². The predicted molar refractivity (Wildman–Crippen MR) is 72.9 cm³/mol. The summed E-state index contributed by atoms with van der Waals surface area (Å²) in [5.41, 5.74) is 0.320. The van der Waals surface area contributed by atoms with Gasteiger partial charge in [-0.2, -0.15) is 0 Å². The van der Waals surface area contributed by atoms with E-state index in [4.69, 9.17) is 10.2 Å². The van der Waals surface area contributed by atoms with Crippen molar-refractivity contribution < 1.29 is 54.8 Å². The van der Waals surface area contributed by atoms with Gasteiger partial charge in [0.05, 0.1) is 11.1 Å². The molecular weight excluding hydrogens is 303 g/mol. The first kappa shape index (κ1) is 19.7. The molecule has 0 bridgehead atoms. The predicted octanol–water partition coefficient (Wildman–Crippen LogP) is 0.0614. The zero-order valence-electron chi connectivity index (χ0n) is 11.2. The summed E-state index contributed by atoms with van der Waals surface area (Å²) in [6.07, 6.45) is 0. The van der Waals surface area contributed by atoms with Crippen molar-refractivity contribution in [1.82, 2.24) is 0 Å². The third-order valence-electron chi connectivity index (χ3n) is 2.45. The van der Waals surface area contributed by atoms with Crippen LogP contribution in [-0.4, -0.2) is 27.6 Å². The molecule has 2 aromatic rings. The smallest absolute Gasteiger partial charge is 0.870 e. The largest absolute Gasteiger partial charge is 1.00 e. The number of carbonyl (C=O) groups is 2. The van der Waals surface area contributed by atoms with Crippen LogP contribution in [-0.2, 0) is 0 Å². The molecule has 7 heteroatoms. The molecular formula is C14H11NaO5S. The average molecular weight is 314 g/mol. The van der Waals surface area contributed by atoms with Gasteiger partial charge in [0.2, 0.25) is 0 Å². The quantitative estimate of drug-likeness (QED) is 0.773. The minimum Gasteiger partial charge on any atom is -0.870 e. The van der Waals surface area contributed by atoms with E-state index in [2.05, 4.69) is 0 Å². The van der Waals surface area contributed by atoms with Crippen LogP contribution in [0.5, 0.6) is 0 Å². The third-order valence-corrected chi connectivity index (χ3v) is 3.61. The van der Waals surface area contributed by atoms with Gasteiger partial charge in [-0.3, -0.25) is 0 Å². The Bertz CT molecular complexity index is 589. The van der Waals surface area contributed by atoms with Gasteiger partial charge in [-0.15, -0.1) is 0 Å². The average Bonchev–Trinajstić information content (AvgIpc) is 2.39. The minimum absolute atomic E-state index is 0. The Morgan fingerprint density at radius 1 is 0.762 bits per heavy atom. The number of hydrogen-bond acceptors (Lipinski definition) is 4. The van der Waals surface area contributed by atoms with Crippen molar-refractivity contribution in [2.75, 3.05) is 0 Å². The number of benzene rings is 2. The molecule has 104 valence electrons. The van der Waals surface area contributed by atoms with Gasteiger partial charge < -0.3 is 15.7 Å². The fraction of sp³-hybridized carbons (Fsp3) is 0. The Morgan fingerprint density at radius 2 is 1.10 bits per heavy atom. The van der Waals surface area contributed by atoms with Gasteiger partial charge in [-0.25, -0.2) is 9.59 Å². The maximum Gasteiger partial charge on any atom is 1.00 e. The molecule has 0 aliphatic heterocycles. The molecule has 0 aliphatic rings. The van der Waals surface area contributed by atoms with E-state index in [0.29, 0.717) is 9.79 Å². The summed E-state index contributed by atoms with van der Waals surface area (Å²) < 4.78 is 0. The second-order valence-corrected chi connectivity index (χ2v) is 4.79. The first-order valence-corrected chi connectivity index (χ1v) is 6.23. The van der Waals surface area contributed by atoms with Gasteiger partial charge in [0.15, 0.2) is 0 Å². The molecule has 0 radical (unpaired) electrons. The summed E-state index contributed by atoms with van der Waals surface area (Å²) >= 11 is 1.14. The summed E-state index contributed by atoms with van der Waals surface area (Å²) in [5, 5.41) is 18.2. The topological polar surface area (TPSA) is 105 Å². The number of hydrogen-bond donors (Lipinski definition) is 2. The maximum absolute atomic E-state index is 11.1. The summed E-state index contributed by atoms with van der Waals surface area (Å²) in [7, 11) is 0. The van der Waals surface area contributed by atoms with Crippen molar-refractivity contribution >= 4 is 23.7 Å². The zero-order chi connectivity index (χ0) is 13.8. The van der Waals surface area contributed by atoms with Crippen LogP contribution in [0.3, 0.4) is 0 Å². The molecule has 0 spiro atoms. The van der Waals surface area contributed by atoms with Crippen molar-refractivity contribution in [2.45, 2.75) is 9.79 Å². The van der Waals surface area contributed by atoms with Crippen molar-refractivity contribution in [3.8, 4) is 0 Å². The molecule has 3 N–H and O–H groups in total. The van der Waals surface area contributed by atoms with E-state index in [1.54, 1.807) is 36.4 Å². The van der Waals surface area contributed by atoms with E-state index >= 15 is 0 Å². The molecule has 0 aromatic heterocycles. The maximum atomic E-state index is 11.1. The van der Waals surface area contributed by atoms with Gasteiger partial charge in [0.1, 0.15) is 0 Å². The van der Waals surface area contributed by atoms with Crippen LogP contribution in [0.25, 0.3) is 0 Å². The van der Waals surface area contributed by atoms with Crippen molar-refractivity contribution in [3.63, 3.8) is 0 Å². The fourth-order valence-corrected chi connectivity index (χ4v) is 2.64. The first-order chi connectivity index (χ1) is 9.09. The van der Waals surface area contributed by atoms with Gasteiger partial charge in [0, 0.05) is 9.79 Å². The van der Waals surface area contributed by atoms with E-state index in [1.165, 1.54) is 12.1 Å². The van der Waals surface area contributed by atoms with Crippen LogP contribution < -0.4 is 29.6 Å². The van der Waals surface area contributed by atoms with Gasteiger partial charge in [-0.05, 0) is 24.3 Å². The number of carboxylic acid groups (broad SMARTS) is 2. The first-order valence-electron chi connectivity index (χ1n) is 5.42. The molecule has 2 rings (SSSR count). The van der Waals surface area contributed by atoms with Crippen LogP contribution in [0.4, 0.5) is 0 Å². The summed E-state index contributed by atoms with van der Waals surface area (Å²) in [5.74, 6) is -2.06. The van der Waals surface area contributed by atoms with E-state index in [0.717, 1.165) is 11.8 Å². The fourth-order valence-electron chi connectivity index (χ4n) is 1.58. The molecule has 0 atom stereocenters. The molecule has 0 saturated heterocycles. The Kier molecular flexibility index (Phi) is 8.31. The Hall–Kier alpha value is -1.31. The molecule has 0 heterocycles. The van der Waals surface area contributed by atoms with Crippen LogP contribution in [0.2, 0.25) is 0 Å². The summed E-state index contributed by atoms with van der Waals surface area (Å²) in [6, 6.07) is 13.0. The Balaban J connectivity index is 0.00000200. The minimum atomic E-state index is -1.03. The SMILES string of the molecule is O=C(O)c1ccccc1Sc1ccccc1C(=O)O.[Na+].[OH-]. The number of carboxylic acids is 2. The summed E-state index contributed by atoms with van der Waals surface area (Å²) in [6.45, 7) is 0. The van der Waals surface area contributed by atoms with Crippen LogP contribution in [0.1, 0.15) is 20.7 Å². The van der Waals surface area contributed by atoms with Crippen molar-refractivity contribution in [2.24, 2.45) is 0 Å². The second kappa shape index (κ2) is 8.86. The standard InChI is InChI=1S/C14H10O4S.Na.H2O/c15-13(16)9-5-1-3-7-11(9)19-12-8-4-2-6-10(12)14(17)18;;/h1-8H,(H,15,16)(H,17,18);;1H2/q;+1;/p-1. The normalized spacial score (nSPS) is 9.14. The molecule has 5 nitrogen and oxygen atoms in total. The molecule has 0 unspecified atom stereocenters. The zero-order valence-corrected chi connectivity index (χ0v) is 14.0. The Morgan fingerprint density at radius 3 is 1.43 bits per heavy atom. The molecule has 0 aliphatic carbocycles. The van der Waals surface area contributed by atoms with Gasteiger partial charge in [-0.1, -0.05) is 36.0 Å². The van der Waals surface area contributed by atoms with Crippen LogP contribution in [0, 0.1) is 0 Å². The molecule has 21 heavy (non-hydrogen) atoms. The molecule has 0 saturated carbocycles. The monoisotopic (exact) mass is 314 g/mol. The Labute approximate surface area is 147 Å².